The van der Waals surface area contributed by atoms with E-state index in [-0.39, 0.29) is 42.7 Å². The van der Waals surface area contributed by atoms with Gasteiger partial charge >= 0.3 is 0 Å². The summed E-state index contributed by atoms with van der Waals surface area (Å²) in [7, 11) is 0. The first-order chi connectivity index (χ1) is 7.75. The molecular formula is C11H19Cl2N3OS. The lowest BCUT2D eigenvalue weighted by Crippen LogP contribution is -2.37. The number of halogens is 2. The molecule has 0 bridgehead atoms. The van der Waals surface area contributed by atoms with E-state index in [1.54, 1.807) is 17.5 Å². The van der Waals surface area contributed by atoms with Crippen LogP contribution in [0.2, 0.25) is 0 Å². The van der Waals surface area contributed by atoms with Crippen molar-refractivity contribution >= 4 is 42.1 Å². The highest BCUT2D eigenvalue weighted by atomic mass is 35.5. The van der Waals surface area contributed by atoms with Crippen LogP contribution in [-0.2, 0) is 11.3 Å². The summed E-state index contributed by atoms with van der Waals surface area (Å²) in [6.07, 6.45) is 5.66. The lowest BCUT2D eigenvalue weighted by molar-refractivity contribution is -0.126. The quantitative estimate of drug-likeness (QED) is 0.898. The van der Waals surface area contributed by atoms with Crippen molar-refractivity contribution < 1.29 is 4.79 Å². The fourth-order valence-corrected chi connectivity index (χ4v) is 2.67. The lowest BCUT2D eigenvalue weighted by Gasteiger charge is -2.25. The van der Waals surface area contributed by atoms with Gasteiger partial charge in [-0.05, 0) is 19.3 Å². The first-order valence-electron chi connectivity index (χ1n) is 5.67. The van der Waals surface area contributed by atoms with Crippen LogP contribution >= 0.6 is 36.2 Å². The van der Waals surface area contributed by atoms with Crippen molar-refractivity contribution in [3.05, 3.63) is 16.6 Å². The van der Waals surface area contributed by atoms with Gasteiger partial charge in [-0.1, -0.05) is 6.42 Å². The van der Waals surface area contributed by atoms with Gasteiger partial charge in [0.25, 0.3) is 0 Å². The number of nitrogens with one attached hydrogen (secondary N) is 1. The highest BCUT2D eigenvalue weighted by Gasteiger charge is 2.24. The number of hydrogen-bond acceptors (Lipinski definition) is 4. The molecule has 104 valence electrons. The molecule has 2 atom stereocenters. The first kappa shape index (κ1) is 17.6. The molecule has 0 aromatic carbocycles. The van der Waals surface area contributed by atoms with Gasteiger partial charge in [-0.15, -0.1) is 36.2 Å². The number of aromatic nitrogens is 1. The molecule has 1 amide bonds. The normalized spacial score (nSPS) is 22.5. The Labute approximate surface area is 124 Å². The third-order valence-corrected chi connectivity index (χ3v) is 3.76. The Balaban J connectivity index is 0.00000144. The van der Waals surface area contributed by atoms with Crippen molar-refractivity contribution in [3.63, 3.8) is 0 Å². The summed E-state index contributed by atoms with van der Waals surface area (Å²) < 4.78 is 0. The molecule has 3 N–H and O–H groups in total. The summed E-state index contributed by atoms with van der Waals surface area (Å²) in [5, 5.41) is 5.80. The predicted molar refractivity (Wildman–Crippen MR) is 78.4 cm³/mol. The van der Waals surface area contributed by atoms with Crippen LogP contribution < -0.4 is 11.1 Å². The van der Waals surface area contributed by atoms with Gasteiger partial charge in [-0.2, -0.15) is 0 Å². The maximum atomic E-state index is 11.8. The zero-order valence-corrected chi connectivity index (χ0v) is 12.5. The largest absolute Gasteiger partial charge is 0.349 e. The zero-order valence-electron chi connectivity index (χ0n) is 10.0. The third kappa shape index (κ3) is 5.10. The predicted octanol–water partition coefficient (Wildman–Crippen LogP) is 2.12. The Morgan fingerprint density at radius 1 is 1.50 bits per heavy atom. The van der Waals surface area contributed by atoms with Crippen molar-refractivity contribution in [2.24, 2.45) is 11.7 Å². The molecule has 1 aromatic rings. The van der Waals surface area contributed by atoms with Crippen LogP contribution in [0.4, 0.5) is 0 Å². The molecule has 2 unspecified atom stereocenters. The van der Waals surface area contributed by atoms with Gasteiger partial charge in [0.2, 0.25) is 5.91 Å². The maximum Gasteiger partial charge on any atom is 0.223 e. The van der Waals surface area contributed by atoms with E-state index in [1.807, 2.05) is 5.38 Å². The van der Waals surface area contributed by atoms with Crippen LogP contribution in [0.1, 0.15) is 30.7 Å². The van der Waals surface area contributed by atoms with E-state index in [1.165, 1.54) is 0 Å². The molecule has 1 heterocycles. The second-order valence-corrected chi connectivity index (χ2v) is 5.25. The maximum absolute atomic E-state index is 11.8. The first-order valence-corrected chi connectivity index (χ1v) is 6.55. The van der Waals surface area contributed by atoms with Crippen LogP contribution in [0.15, 0.2) is 11.6 Å². The topological polar surface area (TPSA) is 68.0 Å². The number of carbonyl (C=O) groups excluding carboxylic acids is 1. The Morgan fingerprint density at radius 3 is 2.89 bits per heavy atom. The van der Waals surface area contributed by atoms with Crippen LogP contribution in [0, 0.1) is 5.92 Å². The van der Waals surface area contributed by atoms with Gasteiger partial charge in [0, 0.05) is 23.5 Å². The van der Waals surface area contributed by atoms with E-state index < -0.39 is 0 Å². The number of nitrogens with two attached hydrogens (primary N) is 1. The highest BCUT2D eigenvalue weighted by Crippen LogP contribution is 2.23. The molecule has 1 aliphatic carbocycles. The smallest absolute Gasteiger partial charge is 0.223 e. The van der Waals surface area contributed by atoms with E-state index in [9.17, 15) is 4.79 Å². The summed E-state index contributed by atoms with van der Waals surface area (Å²) in [6, 6.07) is 0.198. The van der Waals surface area contributed by atoms with E-state index >= 15 is 0 Å². The van der Waals surface area contributed by atoms with Crippen molar-refractivity contribution in [2.45, 2.75) is 38.3 Å². The van der Waals surface area contributed by atoms with Gasteiger partial charge < -0.3 is 11.1 Å². The van der Waals surface area contributed by atoms with Gasteiger partial charge in [-0.25, -0.2) is 4.98 Å². The molecule has 2 rings (SSSR count). The Morgan fingerprint density at radius 2 is 2.28 bits per heavy atom. The molecule has 18 heavy (non-hydrogen) atoms. The number of hydrogen-bond donors (Lipinski definition) is 2. The summed E-state index contributed by atoms with van der Waals surface area (Å²) in [6.45, 7) is 0.544. The summed E-state index contributed by atoms with van der Waals surface area (Å²) in [4.78, 5) is 16.0. The number of rotatable bonds is 3. The molecule has 1 saturated carbocycles. The summed E-state index contributed by atoms with van der Waals surface area (Å²) in [5.74, 6) is 0.231. The Bertz CT molecular complexity index is 348. The average molecular weight is 312 g/mol. The minimum absolute atomic E-state index is 0. The standard InChI is InChI=1S/C11H17N3OS.2ClH/c12-9-3-1-2-8(6-9)11(15)14-7-10-13-4-5-16-10;;/h4-5,8-9H,1-3,6-7,12H2,(H,14,15);2*1H. The minimum Gasteiger partial charge on any atom is -0.349 e. The second kappa shape index (κ2) is 8.69. The van der Waals surface area contributed by atoms with Gasteiger partial charge in [0.05, 0.1) is 6.54 Å². The van der Waals surface area contributed by atoms with Gasteiger partial charge in [0.15, 0.2) is 0 Å². The third-order valence-electron chi connectivity index (χ3n) is 2.98. The monoisotopic (exact) mass is 311 g/mol. The summed E-state index contributed by atoms with van der Waals surface area (Å²) >= 11 is 1.56. The molecule has 0 saturated heterocycles. The van der Waals surface area contributed by atoms with Crippen LogP contribution in [0.3, 0.4) is 0 Å². The molecule has 1 aliphatic rings. The molecule has 0 radical (unpaired) electrons. The molecule has 1 aromatic heterocycles. The molecule has 0 aliphatic heterocycles. The van der Waals surface area contributed by atoms with Crippen molar-refractivity contribution in [2.75, 3.05) is 0 Å². The number of carbonyl (C=O) groups is 1. The molecule has 7 heteroatoms. The van der Waals surface area contributed by atoms with Crippen molar-refractivity contribution in [3.8, 4) is 0 Å². The minimum atomic E-state index is 0. The Hall–Kier alpha value is -0.360. The van der Waals surface area contributed by atoms with E-state index in [2.05, 4.69) is 10.3 Å². The van der Waals surface area contributed by atoms with Crippen LogP contribution in [-0.4, -0.2) is 16.9 Å². The fourth-order valence-electron chi connectivity index (χ4n) is 2.11. The SMILES string of the molecule is Cl.Cl.NC1CCCC(C(=O)NCc2nccs2)C1. The number of nitrogens with zero attached hydrogens (tertiary/aromatic N) is 1. The zero-order chi connectivity index (χ0) is 11.4. The number of amides is 1. The van der Waals surface area contributed by atoms with E-state index in [0.717, 1.165) is 30.7 Å². The summed E-state index contributed by atoms with van der Waals surface area (Å²) in [5.41, 5.74) is 5.86. The average Bonchev–Trinajstić information content (AvgIpc) is 2.78. The van der Waals surface area contributed by atoms with E-state index in [0.29, 0.717) is 6.54 Å². The van der Waals surface area contributed by atoms with E-state index in [4.69, 9.17) is 5.73 Å². The van der Waals surface area contributed by atoms with Crippen molar-refractivity contribution in [1.82, 2.24) is 10.3 Å². The van der Waals surface area contributed by atoms with Crippen LogP contribution in [0.25, 0.3) is 0 Å². The van der Waals surface area contributed by atoms with Crippen molar-refractivity contribution in [1.29, 1.82) is 0 Å². The fraction of sp³-hybridized carbons (Fsp3) is 0.636. The number of thiazole rings is 1. The second-order valence-electron chi connectivity index (χ2n) is 4.27. The van der Waals surface area contributed by atoms with Gasteiger partial charge in [0.1, 0.15) is 5.01 Å². The molecule has 4 nitrogen and oxygen atoms in total. The molecule has 0 spiro atoms. The highest BCUT2D eigenvalue weighted by molar-refractivity contribution is 7.09. The molecular weight excluding hydrogens is 293 g/mol. The molecule has 1 fully saturated rings. The lowest BCUT2D eigenvalue weighted by atomic mass is 9.85. The van der Waals surface area contributed by atoms with Gasteiger partial charge in [-0.3, -0.25) is 4.79 Å². The Kier molecular flexibility index (Phi) is 8.52. The van der Waals surface area contributed by atoms with Crippen LogP contribution in [0.5, 0.6) is 0 Å².